The molecule has 2 aliphatic heterocycles. The normalized spacial score (nSPS) is 21.2. The summed E-state index contributed by atoms with van der Waals surface area (Å²) in [5, 5.41) is 11.7. The number of piperidine rings is 1. The Morgan fingerprint density at radius 2 is 1.83 bits per heavy atom. The van der Waals surface area contributed by atoms with Crippen LogP contribution in [0.3, 0.4) is 0 Å². The zero-order valence-electron chi connectivity index (χ0n) is 17.6. The van der Waals surface area contributed by atoms with Crippen molar-refractivity contribution in [2.24, 2.45) is 5.92 Å². The van der Waals surface area contributed by atoms with Crippen LogP contribution in [-0.2, 0) is 0 Å². The van der Waals surface area contributed by atoms with Gasteiger partial charge in [-0.2, -0.15) is 5.26 Å². The Kier molecular flexibility index (Phi) is 6.66. The van der Waals surface area contributed by atoms with Crippen molar-refractivity contribution in [3.63, 3.8) is 0 Å². The Bertz CT molecular complexity index is 994. The number of fused-ring (bicyclic) bond motifs is 3. The first kappa shape index (κ1) is 20.8. The van der Waals surface area contributed by atoms with E-state index < -0.39 is 0 Å². The topological polar surface area (TPSA) is 54.9 Å². The molecule has 3 heterocycles. The molecule has 4 nitrogen and oxygen atoms in total. The van der Waals surface area contributed by atoms with E-state index in [0.29, 0.717) is 0 Å². The molecule has 1 saturated carbocycles. The van der Waals surface area contributed by atoms with Crippen LogP contribution < -0.4 is 10.2 Å². The van der Waals surface area contributed by atoms with Crippen molar-refractivity contribution >= 4 is 29.2 Å². The Labute approximate surface area is 184 Å². The molecule has 30 heavy (non-hydrogen) atoms. The molecule has 5 heteroatoms. The summed E-state index contributed by atoms with van der Waals surface area (Å²) in [6.07, 6.45) is 5.52. The third-order valence-electron chi connectivity index (χ3n) is 6.23. The summed E-state index contributed by atoms with van der Waals surface area (Å²) in [6.45, 7) is 5.14. The lowest BCUT2D eigenvalue weighted by atomic mass is 10.0. The van der Waals surface area contributed by atoms with Crippen molar-refractivity contribution in [2.45, 2.75) is 43.5 Å². The number of rotatable bonds is 2. The number of anilines is 1. The standard InChI is InChI=1S/C20H20N2S.C3H7N.C2H3N/c23-16-7-8-20(22-12-13-5-6-15(22)9-13)17(11-16)19-10-14-3-1-2-4-18(14)21-19;1-2-4-3-1;1-2-3/h1-4,7-8,10-11,13,15,21,23H,5-6,9,12H2;4H,1-3H2;1H3. The summed E-state index contributed by atoms with van der Waals surface area (Å²) >= 11 is 4.58. The number of aromatic nitrogens is 1. The fourth-order valence-corrected chi connectivity index (χ4v) is 4.81. The third-order valence-corrected chi connectivity index (χ3v) is 6.50. The fraction of sp³-hybridized carbons (Fsp3) is 0.400. The largest absolute Gasteiger partial charge is 0.368 e. The van der Waals surface area contributed by atoms with Crippen molar-refractivity contribution in [2.75, 3.05) is 24.5 Å². The molecule has 2 atom stereocenters. The summed E-state index contributed by atoms with van der Waals surface area (Å²) in [4.78, 5) is 7.23. The molecule has 0 spiro atoms. The molecule has 2 saturated heterocycles. The highest BCUT2D eigenvalue weighted by Crippen LogP contribution is 2.44. The molecule has 1 aliphatic carbocycles. The number of hydrogen-bond donors (Lipinski definition) is 3. The highest BCUT2D eigenvalue weighted by atomic mass is 32.1. The number of nitrogens with zero attached hydrogens (tertiary/aromatic N) is 2. The van der Waals surface area contributed by atoms with Crippen LogP contribution in [0, 0.1) is 17.2 Å². The summed E-state index contributed by atoms with van der Waals surface area (Å²) in [5.74, 6) is 0.895. The SMILES string of the molecule is C1CNC1.CC#N.Sc1ccc(N2CC3CCC2C3)c(-c2cc3ccccc3[nH]2)c1. The highest BCUT2D eigenvalue weighted by Gasteiger charge is 2.38. The van der Waals surface area contributed by atoms with Gasteiger partial charge in [0.1, 0.15) is 0 Å². The summed E-state index contributed by atoms with van der Waals surface area (Å²) in [6, 6.07) is 19.8. The Morgan fingerprint density at radius 3 is 2.43 bits per heavy atom. The predicted octanol–water partition coefficient (Wildman–Crippen LogP) is 5.62. The van der Waals surface area contributed by atoms with Crippen LogP contribution in [0.4, 0.5) is 5.69 Å². The second-order valence-electron chi connectivity index (χ2n) is 8.28. The molecular weight excluding hydrogens is 388 g/mol. The maximum Gasteiger partial charge on any atom is 0.0587 e. The molecule has 2 aromatic carbocycles. The lowest BCUT2D eigenvalue weighted by Crippen LogP contribution is -2.32. The van der Waals surface area contributed by atoms with Crippen molar-refractivity contribution in [1.82, 2.24) is 10.3 Å². The second-order valence-corrected chi connectivity index (χ2v) is 8.80. The predicted molar refractivity (Wildman–Crippen MR) is 128 cm³/mol. The molecule has 156 valence electrons. The van der Waals surface area contributed by atoms with Crippen LogP contribution in [0.2, 0.25) is 0 Å². The quantitative estimate of drug-likeness (QED) is 0.473. The fourth-order valence-electron chi connectivity index (χ4n) is 4.61. The molecule has 2 unspecified atom stereocenters. The molecule has 2 bridgehead atoms. The number of para-hydroxylation sites is 1. The number of thiol groups is 1. The van der Waals surface area contributed by atoms with E-state index in [9.17, 15) is 0 Å². The van der Waals surface area contributed by atoms with Crippen molar-refractivity contribution in [1.29, 1.82) is 5.26 Å². The lowest BCUT2D eigenvalue weighted by molar-refractivity contribution is 0.527. The van der Waals surface area contributed by atoms with Crippen LogP contribution in [-0.4, -0.2) is 30.7 Å². The Morgan fingerprint density at radius 1 is 1.10 bits per heavy atom. The molecular formula is C25H30N4S. The number of nitriles is 1. The maximum atomic E-state index is 7.32. The number of benzene rings is 2. The minimum Gasteiger partial charge on any atom is -0.368 e. The van der Waals surface area contributed by atoms with Crippen LogP contribution >= 0.6 is 12.6 Å². The van der Waals surface area contributed by atoms with Gasteiger partial charge in [-0.3, -0.25) is 0 Å². The first-order valence-electron chi connectivity index (χ1n) is 10.9. The molecule has 0 radical (unpaired) electrons. The van der Waals surface area contributed by atoms with Gasteiger partial charge in [-0.1, -0.05) is 18.2 Å². The average Bonchev–Trinajstić information content (AvgIpc) is 3.42. The van der Waals surface area contributed by atoms with Gasteiger partial charge in [0.2, 0.25) is 0 Å². The summed E-state index contributed by atoms with van der Waals surface area (Å²) in [7, 11) is 0. The van der Waals surface area contributed by atoms with E-state index in [1.54, 1.807) is 6.07 Å². The second kappa shape index (κ2) is 9.59. The minimum atomic E-state index is 0.730. The summed E-state index contributed by atoms with van der Waals surface area (Å²) < 4.78 is 0. The van der Waals surface area contributed by atoms with Gasteiger partial charge in [0.15, 0.2) is 0 Å². The third kappa shape index (κ3) is 4.50. The van der Waals surface area contributed by atoms with Gasteiger partial charge >= 0.3 is 0 Å². The van der Waals surface area contributed by atoms with Gasteiger partial charge in [0.05, 0.1) is 6.07 Å². The van der Waals surface area contributed by atoms with Crippen LogP contribution in [0.1, 0.15) is 32.6 Å². The van der Waals surface area contributed by atoms with E-state index in [1.165, 1.54) is 80.1 Å². The summed E-state index contributed by atoms with van der Waals surface area (Å²) in [5.41, 5.74) is 5.03. The number of aromatic amines is 1. The van der Waals surface area contributed by atoms with E-state index in [1.807, 2.05) is 0 Å². The van der Waals surface area contributed by atoms with E-state index in [2.05, 4.69) is 76.4 Å². The van der Waals surface area contributed by atoms with Crippen molar-refractivity contribution in [3.05, 3.63) is 48.5 Å². The zero-order valence-corrected chi connectivity index (χ0v) is 18.5. The Hall–Kier alpha value is -2.42. The van der Waals surface area contributed by atoms with Gasteiger partial charge in [-0.05, 0) is 75.0 Å². The maximum absolute atomic E-state index is 7.32. The number of H-pyrrole nitrogens is 1. The first-order chi connectivity index (χ1) is 14.7. The minimum absolute atomic E-state index is 0.730. The number of nitrogens with one attached hydrogen (secondary N) is 2. The van der Waals surface area contributed by atoms with E-state index >= 15 is 0 Å². The smallest absolute Gasteiger partial charge is 0.0587 e. The molecule has 3 aromatic rings. The van der Waals surface area contributed by atoms with Gasteiger partial charge in [0, 0.05) is 52.3 Å². The first-order valence-corrected chi connectivity index (χ1v) is 11.3. The molecule has 1 aromatic heterocycles. The Balaban J connectivity index is 0.000000270. The van der Waals surface area contributed by atoms with Crippen molar-refractivity contribution in [3.8, 4) is 17.3 Å². The van der Waals surface area contributed by atoms with Crippen molar-refractivity contribution < 1.29 is 0 Å². The molecule has 3 fully saturated rings. The number of hydrogen-bond acceptors (Lipinski definition) is 4. The molecule has 3 aliphatic rings. The van der Waals surface area contributed by atoms with Crippen LogP contribution in [0.5, 0.6) is 0 Å². The molecule has 2 N–H and O–H groups in total. The van der Waals surface area contributed by atoms with Crippen LogP contribution in [0.25, 0.3) is 22.2 Å². The van der Waals surface area contributed by atoms with E-state index in [0.717, 1.165) is 16.9 Å². The van der Waals surface area contributed by atoms with Gasteiger partial charge < -0.3 is 15.2 Å². The zero-order chi connectivity index (χ0) is 20.9. The molecule has 0 amide bonds. The van der Waals surface area contributed by atoms with Crippen LogP contribution in [0.15, 0.2) is 53.4 Å². The average molecular weight is 419 g/mol. The lowest BCUT2D eigenvalue weighted by Gasteiger charge is -2.31. The van der Waals surface area contributed by atoms with E-state index in [4.69, 9.17) is 5.26 Å². The van der Waals surface area contributed by atoms with E-state index in [-0.39, 0.29) is 0 Å². The van der Waals surface area contributed by atoms with Gasteiger partial charge in [0.25, 0.3) is 0 Å². The van der Waals surface area contributed by atoms with Gasteiger partial charge in [-0.15, -0.1) is 12.6 Å². The highest BCUT2D eigenvalue weighted by molar-refractivity contribution is 7.80. The molecule has 6 rings (SSSR count). The monoisotopic (exact) mass is 418 g/mol. The van der Waals surface area contributed by atoms with Gasteiger partial charge in [-0.25, -0.2) is 0 Å².